The predicted octanol–water partition coefficient (Wildman–Crippen LogP) is 3.75. The van der Waals surface area contributed by atoms with Gasteiger partial charge in [-0.15, -0.1) is 0 Å². The number of anilines is 2. The van der Waals surface area contributed by atoms with Crippen LogP contribution in [-0.2, 0) is 4.79 Å². The molecule has 120 valence electrons. The molecule has 1 amide bonds. The zero-order valence-electron chi connectivity index (χ0n) is 12.1. The number of nitrogens with one attached hydrogen (secondary N) is 2. The fraction of sp³-hybridized carbons (Fsp3) is 0.133. The number of hydrogen-bond acceptors (Lipinski definition) is 4. The van der Waals surface area contributed by atoms with Crippen molar-refractivity contribution in [1.29, 1.82) is 0 Å². The lowest BCUT2D eigenvalue weighted by atomic mass is 10.1. The molecular weight excluding hydrogens is 325 g/mol. The molecule has 6 nitrogen and oxygen atoms in total. The summed E-state index contributed by atoms with van der Waals surface area (Å²) in [4.78, 5) is 22.3. The van der Waals surface area contributed by atoms with Crippen molar-refractivity contribution in [2.75, 3.05) is 17.2 Å². The fourth-order valence-electron chi connectivity index (χ4n) is 1.96. The summed E-state index contributed by atoms with van der Waals surface area (Å²) in [6, 6.07) is 8.33. The van der Waals surface area contributed by atoms with Crippen molar-refractivity contribution in [3.05, 3.63) is 62.9 Å². The topological polar surface area (TPSA) is 84.3 Å². The van der Waals surface area contributed by atoms with Crippen LogP contribution in [0.15, 0.2) is 36.4 Å². The number of halogens is 2. The summed E-state index contributed by atoms with van der Waals surface area (Å²) in [7, 11) is 0. The third kappa shape index (κ3) is 4.17. The number of nitro groups is 1. The van der Waals surface area contributed by atoms with E-state index in [1.165, 1.54) is 37.3 Å². The lowest BCUT2D eigenvalue weighted by Gasteiger charge is -2.10. The van der Waals surface area contributed by atoms with Crippen LogP contribution in [0.1, 0.15) is 5.56 Å². The van der Waals surface area contributed by atoms with E-state index in [0.717, 1.165) is 0 Å². The molecule has 2 rings (SSSR count). The summed E-state index contributed by atoms with van der Waals surface area (Å²) in [6.07, 6.45) is 0. The highest BCUT2D eigenvalue weighted by molar-refractivity contribution is 6.30. The molecule has 0 aliphatic rings. The molecule has 0 aliphatic heterocycles. The molecule has 0 spiro atoms. The molecule has 23 heavy (non-hydrogen) atoms. The third-order valence-electron chi connectivity index (χ3n) is 3.14. The first-order chi connectivity index (χ1) is 10.9. The van der Waals surface area contributed by atoms with Gasteiger partial charge in [-0.25, -0.2) is 4.39 Å². The van der Waals surface area contributed by atoms with Gasteiger partial charge < -0.3 is 10.6 Å². The maximum atomic E-state index is 13.5. The van der Waals surface area contributed by atoms with Gasteiger partial charge in [-0.3, -0.25) is 14.9 Å². The van der Waals surface area contributed by atoms with Crippen LogP contribution in [0.25, 0.3) is 0 Å². The molecule has 0 bridgehead atoms. The van der Waals surface area contributed by atoms with E-state index in [0.29, 0.717) is 16.3 Å². The second kappa shape index (κ2) is 7.06. The van der Waals surface area contributed by atoms with Crippen molar-refractivity contribution < 1.29 is 14.1 Å². The second-order valence-electron chi connectivity index (χ2n) is 4.73. The van der Waals surface area contributed by atoms with E-state index < -0.39 is 16.6 Å². The lowest BCUT2D eigenvalue weighted by molar-refractivity contribution is -0.385. The first-order valence-electron chi connectivity index (χ1n) is 6.61. The van der Waals surface area contributed by atoms with E-state index in [4.69, 9.17) is 11.6 Å². The van der Waals surface area contributed by atoms with Crippen LogP contribution in [0, 0.1) is 22.9 Å². The molecular formula is C15H13ClFN3O3. The molecule has 0 atom stereocenters. The molecule has 0 aromatic heterocycles. The highest BCUT2D eigenvalue weighted by atomic mass is 35.5. The van der Waals surface area contributed by atoms with E-state index in [1.807, 2.05) is 0 Å². The Labute approximate surface area is 136 Å². The molecule has 2 N–H and O–H groups in total. The Kier molecular flexibility index (Phi) is 5.13. The minimum atomic E-state index is -0.534. The smallest absolute Gasteiger partial charge is 0.274 e. The van der Waals surface area contributed by atoms with Gasteiger partial charge >= 0.3 is 0 Å². The van der Waals surface area contributed by atoms with Gasteiger partial charge in [-0.05, 0) is 31.2 Å². The van der Waals surface area contributed by atoms with Crippen LogP contribution in [-0.4, -0.2) is 17.4 Å². The highest BCUT2D eigenvalue weighted by Gasteiger charge is 2.15. The Bertz CT molecular complexity index is 768. The summed E-state index contributed by atoms with van der Waals surface area (Å²) in [6.45, 7) is 1.33. The Morgan fingerprint density at radius 3 is 2.74 bits per heavy atom. The van der Waals surface area contributed by atoms with Crippen LogP contribution in [0.3, 0.4) is 0 Å². The van der Waals surface area contributed by atoms with Crippen molar-refractivity contribution in [3.8, 4) is 0 Å². The first-order valence-corrected chi connectivity index (χ1v) is 6.99. The lowest BCUT2D eigenvalue weighted by Crippen LogP contribution is -2.22. The maximum Gasteiger partial charge on any atom is 0.274 e. The van der Waals surface area contributed by atoms with Crippen molar-refractivity contribution in [3.63, 3.8) is 0 Å². The number of carbonyl (C=O) groups is 1. The number of hydrogen-bond donors (Lipinski definition) is 2. The monoisotopic (exact) mass is 337 g/mol. The summed E-state index contributed by atoms with van der Waals surface area (Å²) >= 11 is 5.76. The Morgan fingerprint density at radius 1 is 1.30 bits per heavy atom. The minimum absolute atomic E-state index is 0.0864. The molecule has 0 heterocycles. The number of rotatable bonds is 5. The molecule has 0 fully saturated rings. The minimum Gasteiger partial charge on any atom is -0.374 e. The summed E-state index contributed by atoms with van der Waals surface area (Å²) < 4.78 is 13.5. The van der Waals surface area contributed by atoms with E-state index >= 15 is 0 Å². The first kappa shape index (κ1) is 16.7. The van der Waals surface area contributed by atoms with Gasteiger partial charge in [0.25, 0.3) is 5.69 Å². The van der Waals surface area contributed by atoms with Crippen LogP contribution in [0.4, 0.5) is 21.5 Å². The number of amides is 1. The van der Waals surface area contributed by atoms with Crippen LogP contribution in [0.5, 0.6) is 0 Å². The summed E-state index contributed by atoms with van der Waals surface area (Å²) in [5.74, 6) is -0.998. The normalized spacial score (nSPS) is 10.2. The maximum absolute atomic E-state index is 13.5. The predicted molar refractivity (Wildman–Crippen MR) is 86.4 cm³/mol. The highest BCUT2D eigenvalue weighted by Crippen LogP contribution is 2.25. The molecule has 0 saturated heterocycles. The number of carbonyl (C=O) groups excluding carboxylic acids is 1. The zero-order valence-corrected chi connectivity index (χ0v) is 12.9. The average molecular weight is 338 g/mol. The van der Waals surface area contributed by atoms with Crippen molar-refractivity contribution >= 4 is 34.6 Å². The van der Waals surface area contributed by atoms with Crippen molar-refractivity contribution in [2.45, 2.75) is 6.92 Å². The fourth-order valence-corrected chi connectivity index (χ4v) is 2.13. The van der Waals surface area contributed by atoms with E-state index in [9.17, 15) is 19.3 Å². The van der Waals surface area contributed by atoms with Gasteiger partial charge in [0.15, 0.2) is 0 Å². The standard InChI is InChI=1S/C15H13ClFN3O3/c1-9-12(3-2-4-14(9)20(22)23)19-15(21)8-18-13-7-10(16)5-6-11(13)17/h2-7,18H,8H2,1H3,(H,19,21). The average Bonchev–Trinajstić information content (AvgIpc) is 2.50. The number of nitro benzene ring substituents is 1. The third-order valence-corrected chi connectivity index (χ3v) is 3.38. The Hall–Kier alpha value is -2.67. The van der Waals surface area contributed by atoms with Gasteiger partial charge in [-0.1, -0.05) is 17.7 Å². The quantitative estimate of drug-likeness (QED) is 0.643. The van der Waals surface area contributed by atoms with Crippen LogP contribution < -0.4 is 10.6 Å². The number of benzene rings is 2. The van der Waals surface area contributed by atoms with Gasteiger partial charge in [0.2, 0.25) is 5.91 Å². The Morgan fingerprint density at radius 2 is 2.04 bits per heavy atom. The van der Waals surface area contributed by atoms with Crippen LogP contribution >= 0.6 is 11.6 Å². The van der Waals surface area contributed by atoms with Gasteiger partial charge in [-0.2, -0.15) is 0 Å². The van der Waals surface area contributed by atoms with Crippen molar-refractivity contribution in [2.24, 2.45) is 0 Å². The molecule has 0 aliphatic carbocycles. The summed E-state index contributed by atoms with van der Waals surface area (Å²) in [5, 5.41) is 16.4. The van der Waals surface area contributed by atoms with Crippen LogP contribution in [0.2, 0.25) is 5.02 Å². The molecule has 8 heteroatoms. The van der Waals surface area contributed by atoms with Gasteiger partial charge in [0.05, 0.1) is 28.4 Å². The summed E-state index contributed by atoms with van der Waals surface area (Å²) in [5.41, 5.74) is 0.692. The Balaban J connectivity index is 2.04. The van der Waals surface area contributed by atoms with E-state index in [1.54, 1.807) is 6.07 Å². The zero-order chi connectivity index (χ0) is 17.0. The SMILES string of the molecule is Cc1c(NC(=O)CNc2cc(Cl)ccc2F)cccc1[N+](=O)[O-]. The molecule has 2 aromatic rings. The molecule has 0 saturated carbocycles. The van der Waals surface area contributed by atoms with E-state index in [-0.39, 0.29) is 17.9 Å². The second-order valence-corrected chi connectivity index (χ2v) is 5.17. The largest absolute Gasteiger partial charge is 0.374 e. The van der Waals surface area contributed by atoms with Gasteiger partial charge in [0, 0.05) is 11.1 Å². The van der Waals surface area contributed by atoms with Crippen molar-refractivity contribution in [1.82, 2.24) is 0 Å². The molecule has 0 radical (unpaired) electrons. The number of nitrogens with zero attached hydrogens (tertiary/aromatic N) is 1. The molecule has 2 aromatic carbocycles. The molecule has 0 unspecified atom stereocenters. The van der Waals surface area contributed by atoms with E-state index in [2.05, 4.69) is 10.6 Å². The van der Waals surface area contributed by atoms with Gasteiger partial charge in [0.1, 0.15) is 5.82 Å².